The van der Waals surface area contributed by atoms with Gasteiger partial charge < -0.3 is 0 Å². The fraction of sp³-hybridized carbons (Fsp3) is 0.500. The highest BCUT2D eigenvalue weighted by Crippen LogP contribution is 1.94. The molecule has 0 rings (SSSR count). The lowest BCUT2D eigenvalue weighted by Gasteiger charge is -1.89. The predicted octanol–water partition coefficient (Wildman–Crippen LogP) is 3.34. The molecule has 11 heavy (non-hydrogen) atoms. The molecule has 0 aromatic heterocycles. The molecule has 0 aliphatic carbocycles. The largest absolute Gasteiger partial charge is 0.266 e. The van der Waals surface area contributed by atoms with E-state index in [-0.39, 0.29) is 0 Å². The van der Waals surface area contributed by atoms with E-state index < -0.39 is 0 Å². The van der Waals surface area contributed by atoms with Gasteiger partial charge in [-0.25, -0.2) is 0 Å². The van der Waals surface area contributed by atoms with E-state index >= 15 is 0 Å². The molecule has 0 saturated carbocycles. The summed E-state index contributed by atoms with van der Waals surface area (Å²) in [4.78, 5) is 4.23. The van der Waals surface area contributed by atoms with E-state index in [1.165, 1.54) is 11.3 Å². The van der Waals surface area contributed by atoms with Crippen molar-refractivity contribution >= 4 is 5.71 Å². The van der Waals surface area contributed by atoms with Crippen LogP contribution in [-0.2, 0) is 0 Å². The molecule has 0 amide bonds. The first-order valence-electron chi connectivity index (χ1n) is 4.03. The molecule has 0 radical (unpaired) electrons. The highest BCUT2D eigenvalue weighted by atomic mass is 14.7. The second kappa shape index (κ2) is 5.90. The molecule has 0 aromatic rings. The van der Waals surface area contributed by atoms with E-state index in [0.717, 1.165) is 6.42 Å². The van der Waals surface area contributed by atoms with Gasteiger partial charge in [0.05, 0.1) is 0 Å². The summed E-state index contributed by atoms with van der Waals surface area (Å²) in [7, 11) is 0. The Bertz CT molecular complexity index is 185. The van der Waals surface area contributed by atoms with E-state index in [4.69, 9.17) is 0 Å². The van der Waals surface area contributed by atoms with Gasteiger partial charge in [0.25, 0.3) is 0 Å². The van der Waals surface area contributed by atoms with Crippen LogP contribution in [0.3, 0.4) is 0 Å². The zero-order valence-electron chi connectivity index (χ0n) is 7.89. The average molecular weight is 151 g/mol. The van der Waals surface area contributed by atoms with E-state index in [0.29, 0.717) is 0 Å². The van der Waals surface area contributed by atoms with Gasteiger partial charge >= 0.3 is 0 Å². The Morgan fingerprint density at radius 3 is 2.45 bits per heavy atom. The minimum absolute atomic E-state index is 1.03. The number of nitrogens with zero attached hydrogens (tertiary/aromatic N) is 1. The van der Waals surface area contributed by atoms with Gasteiger partial charge in [0.2, 0.25) is 0 Å². The van der Waals surface area contributed by atoms with Crippen LogP contribution in [-0.4, -0.2) is 5.71 Å². The minimum atomic E-state index is 1.03. The molecule has 1 nitrogen and oxygen atoms in total. The number of rotatable bonds is 3. The molecule has 0 atom stereocenters. The average Bonchev–Trinajstić information content (AvgIpc) is 2.04. The SMILES string of the molecule is C/C=C(C)/C=C\N=C(C)CC. The normalized spacial score (nSPS) is 14.5. The Kier molecular flexibility index (Phi) is 5.44. The first-order chi connectivity index (χ1) is 5.20. The molecule has 62 valence electrons. The molecule has 0 spiro atoms. The Morgan fingerprint density at radius 2 is 2.00 bits per heavy atom. The van der Waals surface area contributed by atoms with Crippen molar-refractivity contribution in [1.29, 1.82) is 0 Å². The summed E-state index contributed by atoms with van der Waals surface area (Å²) >= 11 is 0. The van der Waals surface area contributed by atoms with Crippen molar-refractivity contribution in [2.75, 3.05) is 0 Å². The molecule has 0 saturated heterocycles. The van der Waals surface area contributed by atoms with Crippen LogP contribution in [0.25, 0.3) is 0 Å². The number of hydrogen-bond acceptors (Lipinski definition) is 1. The van der Waals surface area contributed by atoms with Crippen molar-refractivity contribution in [3.63, 3.8) is 0 Å². The zero-order chi connectivity index (χ0) is 8.69. The van der Waals surface area contributed by atoms with Crippen LogP contribution in [0.2, 0.25) is 0 Å². The third-order valence-corrected chi connectivity index (χ3v) is 1.60. The smallest absolute Gasteiger partial charge is 0.0269 e. The van der Waals surface area contributed by atoms with Crippen molar-refractivity contribution in [2.45, 2.75) is 34.1 Å². The fourth-order valence-corrected chi connectivity index (χ4v) is 0.470. The molecule has 0 fully saturated rings. The molecule has 0 N–H and O–H groups in total. The van der Waals surface area contributed by atoms with Crippen LogP contribution in [0.1, 0.15) is 34.1 Å². The Morgan fingerprint density at radius 1 is 1.36 bits per heavy atom. The maximum absolute atomic E-state index is 4.23. The fourth-order valence-electron chi connectivity index (χ4n) is 0.470. The van der Waals surface area contributed by atoms with E-state index in [1.807, 2.05) is 26.1 Å². The quantitative estimate of drug-likeness (QED) is 0.433. The topological polar surface area (TPSA) is 12.4 Å². The van der Waals surface area contributed by atoms with Gasteiger partial charge in [-0.2, -0.15) is 0 Å². The second-order valence-corrected chi connectivity index (χ2v) is 2.57. The van der Waals surface area contributed by atoms with Gasteiger partial charge in [0.1, 0.15) is 0 Å². The van der Waals surface area contributed by atoms with Crippen LogP contribution in [0, 0.1) is 0 Å². The van der Waals surface area contributed by atoms with Crippen molar-refractivity contribution in [3.8, 4) is 0 Å². The summed E-state index contributed by atoms with van der Waals surface area (Å²) in [5.74, 6) is 0. The van der Waals surface area contributed by atoms with Crippen molar-refractivity contribution in [2.24, 2.45) is 4.99 Å². The van der Waals surface area contributed by atoms with Crippen LogP contribution >= 0.6 is 0 Å². The van der Waals surface area contributed by atoms with Gasteiger partial charge in [-0.3, -0.25) is 4.99 Å². The third kappa shape index (κ3) is 5.59. The van der Waals surface area contributed by atoms with Crippen molar-refractivity contribution in [3.05, 3.63) is 23.9 Å². The van der Waals surface area contributed by atoms with E-state index in [2.05, 4.69) is 24.9 Å². The highest BCUT2D eigenvalue weighted by Gasteiger charge is 1.80. The molecular weight excluding hydrogens is 134 g/mol. The number of hydrogen-bond donors (Lipinski definition) is 0. The molecule has 0 aromatic carbocycles. The van der Waals surface area contributed by atoms with E-state index in [1.54, 1.807) is 0 Å². The van der Waals surface area contributed by atoms with Crippen LogP contribution in [0.4, 0.5) is 0 Å². The summed E-state index contributed by atoms with van der Waals surface area (Å²) in [6, 6.07) is 0. The molecule has 0 bridgehead atoms. The monoisotopic (exact) mass is 151 g/mol. The maximum atomic E-state index is 4.23. The summed E-state index contributed by atoms with van der Waals surface area (Å²) in [5, 5.41) is 0. The van der Waals surface area contributed by atoms with Crippen LogP contribution in [0.5, 0.6) is 0 Å². The lowest BCUT2D eigenvalue weighted by atomic mass is 10.3. The minimum Gasteiger partial charge on any atom is -0.266 e. The Labute approximate surface area is 69.5 Å². The lowest BCUT2D eigenvalue weighted by Crippen LogP contribution is -1.83. The molecule has 1 heteroatoms. The molecule has 0 aliphatic rings. The van der Waals surface area contributed by atoms with Crippen molar-refractivity contribution < 1.29 is 0 Å². The van der Waals surface area contributed by atoms with Crippen LogP contribution < -0.4 is 0 Å². The van der Waals surface area contributed by atoms with Gasteiger partial charge in [0.15, 0.2) is 0 Å². The van der Waals surface area contributed by atoms with Gasteiger partial charge in [-0.1, -0.05) is 18.6 Å². The first kappa shape index (κ1) is 10.2. The molecular formula is C10H17N. The standard InChI is InChI=1S/C10H17N/c1-5-9(3)7-8-11-10(4)6-2/h5,7-8H,6H2,1-4H3/b8-7-,9-5+,11-10?. The zero-order valence-corrected chi connectivity index (χ0v) is 7.89. The summed E-state index contributed by atoms with van der Waals surface area (Å²) < 4.78 is 0. The highest BCUT2D eigenvalue weighted by molar-refractivity contribution is 5.82. The summed E-state index contributed by atoms with van der Waals surface area (Å²) in [6.45, 7) is 8.23. The van der Waals surface area contributed by atoms with Crippen LogP contribution in [0.15, 0.2) is 28.9 Å². The lowest BCUT2D eigenvalue weighted by molar-refractivity contribution is 1.25. The van der Waals surface area contributed by atoms with E-state index in [9.17, 15) is 0 Å². The first-order valence-corrected chi connectivity index (χ1v) is 4.03. The molecule has 0 heterocycles. The van der Waals surface area contributed by atoms with Crippen molar-refractivity contribution in [1.82, 2.24) is 0 Å². The number of allylic oxidation sites excluding steroid dienone is 3. The maximum Gasteiger partial charge on any atom is 0.0269 e. The Balaban J connectivity index is 3.96. The number of aliphatic imine (C=N–C) groups is 1. The van der Waals surface area contributed by atoms with Gasteiger partial charge in [-0.05, 0) is 33.3 Å². The second-order valence-electron chi connectivity index (χ2n) is 2.57. The predicted molar refractivity (Wildman–Crippen MR) is 52.0 cm³/mol. The summed E-state index contributed by atoms with van der Waals surface area (Å²) in [6.07, 6.45) is 6.96. The van der Waals surface area contributed by atoms with Gasteiger partial charge in [-0.15, -0.1) is 0 Å². The third-order valence-electron chi connectivity index (χ3n) is 1.60. The molecule has 0 aliphatic heterocycles. The summed E-state index contributed by atoms with van der Waals surface area (Å²) in [5.41, 5.74) is 2.42. The van der Waals surface area contributed by atoms with Gasteiger partial charge in [0, 0.05) is 11.9 Å². The Hall–Kier alpha value is -0.850. The molecule has 0 unspecified atom stereocenters.